The average Bonchev–Trinajstić information content (AvgIpc) is 2.79. The fourth-order valence-corrected chi connectivity index (χ4v) is 2.84. The lowest BCUT2D eigenvalue weighted by Gasteiger charge is -2.10. The third kappa shape index (κ3) is 1.98. The van der Waals surface area contributed by atoms with Gasteiger partial charge in [-0.1, -0.05) is 48.5 Å². The number of para-hydroxylation sites is 1. The topological polar surface area (TPSA) is 28.7 Å². The molecular formula is C18H16N2. The number of aromatic nitrogens is 1. The zero-order valence-corrected chi connectivity index (χ0v) is 11.5. The van der Waals surface area contributed by atoms with Crippen LogP contribution in [0.2, 0.25) is 0 Å². The smallest absolute Gasteiger partial charge is 0.0640 e. The van der Waals surface area contributed by atoms with Crippen LogP contribution in [0.1, 0.15) is 12.0 Å². The van der Waals surface area contributed by atoms with Crippen LogP contribution >= 0.6 is 0 Å². The molecule has 0 bridgehead atoms. The van der Waals surface area contributed by atoms with Crippen LogP contribution in [0.25, 0.3) is 22.2 Å². The van der Waals surface area contributed by atoms with E-state index in [1.54, 1.807) is 0 Å². The number of rotatable bonds is 3. The van der Waals surface area contributed by atoms with Crippen LogP contribution in [-0.2, 0) is 6.54 Å². The Morgan fingerprint density at radius 3 is 2.45 bits per heavy atom. The van der Waals surface area contributed by atoms with E-state index in [0.717, 1.165) is 6.54 Å². The molecule has 0 saturated carbocycles. The summed E-state index contributed by atoms with van der Waals surface area (Å²) in [6.45, 7) is 2.89. The van der Waals surface area contributed by atoms with Crippen molar-refractivity contribution in [2.45, 2.75) is 19.9 Å². The van der Waals surface area contributed by atoms with Gasteiger partial charge in [-0.3, -0.25) is 0 Å². The Morgan fingerprint density at radius 1 is 1.00 bits per heavy atom. The minimum atomic E-state index is 0.526. The molecule has 0 amide bonds. The molecule has 0 saturated heterocycles. The Balaban J connectivity index is 2.29. The summed E-state index contributed by atoms with van der Waals surface area (Å²) in [4.78, 5) is 0. The molecule has 0 atom stereocenters. The lowest BCUT2D eigenvalue weighted by atomic mass is 10.1. The van der Waals surface area contributed by atoms with Gasteiger partial charge in [-0.05, 0) is 24.1 Å². The summed E-state index contributed by atoms with van der Waals surface area (Å²) >= 11 is 0. The zero-order chi connectivity index (χ0) is 13.9. The molecule has 0 aliphatic rings. The van der Waals surface area contributed by atoms with Crippen molar-refractivity contribution in [1.29, 1.82) is 5.26 Å². The van der Waals surface area contributed by atoms with E-state index < -0.39 is 0 Å². The lowest BCUT2D eigenvalue weighted by Crippen LogP contribution is -1.99. The first-order chi connectivity index (χ1) is 9.83. The van der Waals surface area contributed by atoms with Gasteiger partial charge in [-0.25, -0.2) is 0 Å². The van der Waals surface area contributed by atoms with E-state index in [-0.39, 0.29) is 0 Å². The van der Waals surface area contributed by atoms with Crippen molar-refractivity contribution < 1.29 is 0 Å². The lowest BCUT2D eigenvalue weighted by molar-refractivity contribution is 0.750. The van der Waals surface area contributed by atoms with Gasteiger partial charge in [0.15, 0.2) is 0 Å². The van der Waals surface area contributed by atoms with Gasteiger partial charge in [0.2, 0.25) is 0 Å². The second-order valence-electron chi connectivity index (χ2n) is 4.92. The molecule has 3 rings (SSSR count). The molecule has 2 aromatic carbocycles. The van der Waals surface area contributed by atoms with Crippen molar-refractivity contribution in [3.8, 4) is 17.3 Å². The van der Waals surface area contributed by atoms with Crippen LogP contribution in [-0.4, -0.2) is 4.57 Å². The summed E-state index contributed by atoms with van der Waals surface area (Å²) in [5.41, 5.74) is 4.92. The Labute approximate surface area is 118 Å². The third-order valence-corrected chi connectivity index (χ3v) is 3.72. The molecule has 3 aromatic rings. The molecule has 0 aliphatic heterocycles. The number of hydrogen-bond donors (Lipinski definition) is 0. The number of hydrogen-bond acceptors (Lipinski definition) is 1. The average molecular weight is 260 g/mol. The highest BCUT2D eigenvalue weighted by atomic mass is 15.0. The van der Waals surface area contributed by atoms with Crippen molar-refractivity contribution in [2.24, 2.45) is 0 Å². The molecule has 0 N–H and O–H groups in total. The normalized spacial score (nSPS) is 10.6. The molecule has 2 nitrogen and oxygen atoms in total. The molecule has 0 fully saturated rings. The number of aryl methyl sites for hydroxylation is 2. The van der Waals surface area contributed by atoms with E-state index in [2.05, 4.69) is 66.1 Å². The first-order valence-corrected chi connectivity index (χ1v) is 6.83. The van der Waals surface area contributed by atoms with E-state index >= 15 is 0 Å². The molecular weight excluding hydrogens is 244 g/mol. The molecule has 20 heavy (non-hydrogen) atoms. The number of nitrogens with zero attached hydrogens (tertiary/aromatic N) is 2. The fraction of sp³-hybridized carbons (Fsp3) is 0.167. The Hall–Kier alpha value is -2.53. The Bertz CT molecular complexity index is 776. The van der Waals surface area contributed by atoms with Gasteiger partial charge in [0.25, 0.3) is 0 Å². The predicted molar refractivity (Wildman–Crippen MR) is 82.3 cm³/mol. The number of benzene rings is 2. The molecule has 0 unspecified atom stereocenters. The van der Waals surface area contributed by atoms with Gasteiger partial charge in [0, 0.05) is 17.4 Å². The maximum absolute atomic E-state index is 8.90. The van der Waals surface area contributed by atoms with Crippen LogP contribution in [0, 0.1) is 18.3 Å². The maximum atomic E-state index is 8.90. The summed E-state index contributed by atoms with van der Waals surface area (Å²) in [6.07, 6.45) is 0.526. The van der Waals surface area contributed by atoms with Crippen molar-refractivity contribution >= 4 is 10.9 Å². The summed E-state index contributed by atoms with van der Waals surface area (Å²) in [5, 5.41) is 10.2. The first-order valence-electron chi connectivity index (χ1n) is 6.83. The van der Waals surface area contributed by atoms with Gasteiger partial charge >= 0.3 is 0 Å². The van der Waals surface area contributed by atoms with E-state index in [1.165, 1.54) is 27.7 Å². The van der Waals surface area contributed by atoms with Crippen LogP contribution < -0.4 is 0 Å². The Morgan fingerprint density at radius 2 is 1.70 bits per heavy atom. The minimum Gasteiger partial charge on any atom is -0.339 e. The van der Waals surface area contributed by atoms with Crippen LogP contribution in [0.5, 0.6) is 0 Å². The highest BCUT2D eigenvalue weighted by Crippen LogP contribution is 2.33. The SMILES string of the molecule is Cc1c(-c2ccccc2)n(CCC#N)c2ccccc12. The summed E-state index contributed by atoms with van der Waals surface area (Å²) in [7, 11) is 0. The van der Waals surface area contributed by atoms with Crippen LogP contribution in [0.15, 0.2) is 54.6 Å². The van der Waals surface area contributed by atoms with Crippen LogP contribution in [0.3, 0.4) is 0 Å². The largest absolute Gasteiger partial charge is 0.339 e. The summed E-state index contributed by atoms with van der Waals surface area (Å²) in [5.74, 6) is 0. The van der Waals surface area contributed by atoms with E-state index in [4.69, 9.17) is 5.26 Å². The molecule has 1 aromatic heterocycles. The maximum Gasteiger partial charge on any atom is 0.0640 e. The second kappa shape index (κ2) is 5.22. The minimum absolute atomic E-state index is 0.526. The highest BCUT2D eigenvalue weighted by Gasteiger charge is 2.14. The van der Waals surface area contributed by atoms with Crippen molar-refractivity contribution in [3.63, 3.8) is 0 Å². The van der Waals surface area contributed by atoms with E-state index in [9.17, 15) is 0 Å². The van der Waals surface area contributed by atoms with E-state index in [0.29, 0.717) is 6.42 Å². The van der Waals surface area contributed by atoms with Crippen LogP contribution in [0.4, 0.5) is 0 Å². The van der Waals surface area contributed by atoms with E-state index in [1.807, 2.05) is 6.07 Å². The highest BCUT2D eigenvalue weighted by molar-refractivity contribution is 5.91. The first kappa shape index (κ1) is 12.5. The molecule has 98 valence electrons. The summed E-state index contributed by atoms with van der Waals surface area (Å²) in [6, 6.07) is 21.1. The third-order valence-electron chi connectivity index (χ3n) is 3.72. The van der Waals surface area contributed by atoms with Gasteiger partial charge in [0.05, 0.1) is 18.2 Å². The predicted octanol–water partition coefficient (Wildman–Crippen LogP) is 4.53. The van der Waals surface area contributed by atoms with Gasteiger partial charge < -0.3 is 4.57 Å². The Kier molecular flexibility index (Phi) is 3.26. The standard InChI is InChI=1S/C18H16N2/c1-14-16-10-5-6-11-17(16)20(13-7-12-19)18(14)15-8-3-2-4-9-15/h2-6,8-11H,7,13H2,1H3. The monoisotopic (exact) mass is 260 g/mol. The van der Waals surface area contributed by atoms with Crippen molar-refractivity contribution in [1.82, 2.24) is 4.57 Å². The fourth-order valence-electron chi connectivity index (χ4n) is 2.84. The number of nitriles is 1. The molecule has 1 heterocycles. The molecule has 0 radical (unpaired) electrons. The van der Waals surface area contributed by atoms with Crippen molar-refractivity contribution in [3.05, 3.63) is 60.2 Å². The molecule has 2 heteroatoms. The zero-order valence-electron chi connectivity index (χ0n) is 11.5. The summed E-state index contributed by atoms with van der Waals surface area (Å²) < 4.78 is 2.27. The number of fused-ring (bicyclic) bond motifs is 1. The molecule has 0 spiro atoms. The van der Waals surface area contributed by atoms with Gasteiger partial charge in [-0.2, -0.15) is 5.26 Å². The quantitative estimate of drug-likeness (QED) is 0.680. The van der Waals surface area contributed by atoms with Gasteiger partial charge in [0.1, 0.15) is 0 Å². The van der Waals surface area contributed by atoms with Gasteiger partial charge in [-0.15, -0.1) is 0 Å². The van der Waals surface area contributed by atoms with Crippen molar-refractivity contribution in [2.75, 3.05) is 0 Å². The molecule has 0 aliphatic carbocycles. The second-order valence-corrected chi connectivity index (χ2v) is 4.92.